The van der Waals surface area contributed by atoms with Crippen LogP contribution in [-0.2, 0) is 26.0 Å². The summed E-state index contributed by atoms with van der Waals surface area (Å²) in [5.41, 5.74) is -15.0. The van der Waals surface area contributed by atoms with Crippen LogP contribution >= 0.6 is 0 Å². The van der Waals surface area contributed by atoms with Crippen molar-refractivity contribution in [3.63, 3.8) is 0 Å². The molecule has 0 bridgehead atoms. The van der Waals surface area contributed by atoms with E-state index in [-0.39, 0.29) is 6.92 Å². The van der Waals surface area contributed by atoms with Gasteiger partial charge in [0.05, 0.1) is 0 Å². The van der Waals surface area contributed by atoms with Gasteiger partial charge in [-0.3, -0.25) is 4.79 Å². The van der Waals surface area contributed by atoms with Crippen LogP contribution in [0.5, 0.6) is 0 Å². The van der Waals surface area contributed by atoms with E-state index >= 15 is 0 Å². The van der Waals surface area contributed by atoms with Crippen molar-refractivity contribution < 1.29 is 102 Å². The van der Waals surface area contributed by atoms with Gasteiger partial charge in [-0.25, -0.2) is 0 Å². The first kappa shape index (κ1) is 53.1. The number of esters is 1. The minimum atomic E-state index is -6.77. The number of carbonyl (C=O) groups is 1. The van der Waals surface area contributed by atoms with Gasteiger partial charge in [-0.2, -0.15) is 65.9 Å². The predicted molar refractivity (Wildman–Crippen MR) is 177 cm³/mol. The van der Waals surface area contributed by atoms with E-state index in [4.69, 9.17) is 16.5 Å². The molecule has 0 aromatic carbocycles. The Morgan fingerprint density at radius 3 is 1.16 bits per heavy atom. The second-order valence-corrected chi connectivity index (χ2v) is 30.5. The molecule has 2 N–H and O–H groups in total. The SMILES string of the molecule is CCC(C)(C(=O)OC1CC(C(O)(C(F)(F)F)C(F)(F)F)CC(C(O)(C(F)(F)F)C(F)(F)F)C1)C(F)(F)F.CCC(C)[Si]1(C)O[Si](C)(C)O[Si](C)(C)O[Si](C)(C)O1. The van der Waals surface area contributed by atoms with Crippen LogP contribution in [0.4, 0.5) is 65.9 Å². The molecule has 1 saturated heterocycles. The maximum atomic E-state index is 13.3. The minimum Gasteiger partial charge on any atom is -0.462 e. The zero-order valence-electron chi connectivity index (χ0n) is 32.4. The van der Waals surface area contributed by atoms with E-state index in [1.165, 1.54) is 0 Å². The number of hydrogen-bond donors (Lipinski definition) is 2. The average Bonchev–Trinajstić information content (AvgIpc) is 2.93. The summed E-state index contributed by atoms with van der Waals surface area (Å²) in [5.74, 6) is -9.75. The van der Waals surface area contributed by atoms with E-state index in [0.29, 0.717) is 5.54 Å². The molecule has 56 heavy (non-hydrogen) atoms. The summed E-state index contributed by atoms with van der Waals surface area (Å²) in [7, 11) is -8.80. The van der Waals surface area contributed by atoms with Crippen molar-refractivity contribution in [2.75, 3.05) is 0 Å². The topological polar surface area (TPSA) is 104 Å². The molecule has 0 aromatic rings. The molecule has 1 heterocycles. The first-order valence-electron chi connectivity index (χ1n) is 17.1. The highest BCUT2D eigenvalue weighted by Crippen LogP contribution is 2.58. The molecule has 2 aliphatic rings. The summed E-state index contributed by atoms with van der Waals surface area (Å²) < 4.78 is 230. The molecular formula is C29H49F15O8Si4. The van der Waals surface area contributed by atoms with E-state index in [2.05, 4.69) is 64.4 Å². The molecule has 2 fully saturated rings. The zero-order chi connectivity index (χ0) is 45.0. The Labute approximate surface area is 318 Å². The van der Waals surface area contributed by atoms with Crippen LogP contribution in [0.2, 0.25) is 51.4 Å². The molecule has 1 saturated carbocycles. The van der Waals surface area contributed by atoms with Crippen LogP contribution < -0.4 is 0 Å². The van der Waals surface area contributed by atoms with Crippen LogP contribution in [-0.4, -0.2) is 98.6 Å². The molecule has 1 aliphatic carbocycles. The first-order chi connectivity index (χ1) is 24.3. The number of alkyl halides is 15. The highest BCUT2D eigenvalue weighted by atomic mass is 28.5. The van der Waals surface area contributed by atoms with Crippen LogP contribution in [0.25, 0.3) is 0 Å². The Morgan fingerprint density at radius 1 is 0.607 bits per heavy atom. The van der Waals surface area contributed by atoms with Crippen molar-refractivity contribution in [1.29, 1.82) is 0 Å². The molecule has 334 valence electrons. The van der Waals surface area contributed by atoms with Crippen molar-refractivity contribution in [3.8, 4) is 0 Å². The molecule has 0 radical (unpaired) electrons. The van der Waals surface area contributed by atoms with Crippen molar-refractivity contribution in [2.24, 2.45) is 17.3 Å². The number of rotatable bonds is 7. The molecule has 0 spiro atoms. The van der Waals surface area contributed by atoms with Gasteiger partial charge in [0.1, 0.15) is 6.10 Å². The standard InChI is InChI=1S/C18H19F15O4.C11H30O4Si4/c1-3-11(2,14(19,20)21)10(34)37-9-5-7(12(35,15(22,23)24)16(25,26)27)4-8(6-9)13(36,17(28,29)30)18(31,32)33;1-10-11(2)19(9)14-17(5,6)12-16(3,4)13-18(7,8)15-19/h7-9,35-36H,3-6H2,1-2H3;11H,10H2,1-9H3. The number of hydrogen-bond acceptors (Lipinski definition) is 8. The van der Waals surface area contributed by atoms with Crippen LogP contribution in [0.15, 0.2) is 0 Å². The van der Waals surface area contributed by atoms with Crippen LogP contribution in [0.1, 0.15) is 59.8 Å². The summed E-state index contributed by atoms with van der Waals surface area (Å²) in [6.45, 7) is 20.1. The minimum absolute atomic E-state index is 0.163. The Bertz CT molecular complexity index is 1260. The lowest BCUT2D eigenvalue weighted by atomic mass is 9.65. The van der Waals surface area contributed by atoms with Gasteiger partial charge in [0.25, 0.3) is 11.2 Å². The van der Waals surface area contributed by atoms with Gasteiger partial charge in [0.15, 0.2) is 5.41 Å². The van der Waals surface area contributed by atoms with E-state index in [0.717, 1.165) is 13.3 Å². The van der Waals surface area contributed by atoms with Gasteiger partial charge >= 0.3 is 71.1 Å². The highest BCUT2D eigenvalue weighted by molar-refractivity contribution is 6.93. The average molecular weight is 923 g/mol. The molecule has 4 atom stereocenters. The van der Waals surface area contributed by atoms with Crippen molar-refractivity contribution in [1.82, 2.24) is 0 Å². The third-order valence-electron chi connectivity index (χ3n) is 10.0. The summed E-state index contributed by atoms with van der Waals surface area (Å²) >= 11 is 0. The Balaban J connectivity index is 0.000000689. The van der Waals surface area contributed by atoms with E-state index in [1.54, 1.807) is 0 Å². The Morgan fingerprint density at radius 2 is 0.911 bits per heavy atom. The smallest absolute Gasteiger partial charge is 0.426 e. The van der Waals surface area contributed by atoms with Crippen LogP contribution in [0.3, 0.4) is 0 Å². The van der Waals surface area contributed by atoms with E-state index < -0.39 is 131 Å². The largest absolute Gasteiger partial charge is 0.462 e. The second-order valence-electron chi connectivity index (χ2n) is 15.8. The fourth-order valence-electron chi connectivity index (χ4n) is 6.85. The molecule has 2 rings (SSSR count). The fourth-order valence-corrected chi connectivity index (χ4v) is 28.6. The lowest BCUT2D eigenvalue weighted by Crippen LogP contribution is -2.67. The molecule has 4 unspecified atom stereocenters. The van der Waals surface area contributed by atoms with E-state index in [1.807, 2.05) is 0 Å². The van der Waals surface area contributed by atoms with Gasteiger partial charge in [-0.1, -0.05) is 27.2 Å². The molecule has 8 nitrogen and oxygen atoms in total. The maximum absolute atomic E-state index is 13.3. The quantitative estimate of drug-likeness (QED) is 0.148. The Kier molecular flexibility index (Phi) is 15.6. The third kappa shape index (κ3) is 11.2. The van der Waals surface area contributed by atoms with Crippen molar-refractivity contribution in [2.45, 2.75) is 159 Å². The second kappa shape index (κ2) is 16.5. The Hall–Kier alpha value is -0.952. The van der Waals surface area contributed by atoms with Gasteiger partial charge in [-0.05, 0) is 84.0 Å². The monoisotopic (exact) mass is 922 g/mol. The maximum Gasteiger partial charge on any atom is 0.426 e. The number of carbonyl (C=O) groups excluding carboxylic acids is 1. The van der Waals surface area contributed by atoms with Crippen molar-refractivity contribution >= 4 is 40.2 Å². The summed E-state index contributed by atoms with van der Waals surface area (Å²) in [4.78, 5) is 12.2. The van der Waals surface area contributed by atoms with Crippen LogP contribution in [0, 0.1) is 17.3 Å². The molecule has 1 aliphatic heterocycles. The number of halogens is 15. The normalized spacial score (nSPS) is 26.8. The van der Waals surface area contributed by atoms with Gasteiger partial charge in [0.2, 0.25) is 0 Å². The summed E-state index contributed by atoms with van der Waals surface area (Å²) in [5, 5.41) is 19.1. The predicted octanol–water partition coefficient (Wildman–Crippen LogP) is 10.0. The molecule has 0 amide bonds. The fraction of sp³-hybridized carbons (Fsp3) is 0.966. The molecule has 0 aromatic heterocycles. The lowest BCUT2D eigenvalue weighted by Gasteiger charge is -2.49. The molecular weight excluding hydrogens is 874 g/mol. The zero-order valence-corrected chi connectivity index (χ0v) is 36.4. The first-order valence-corrected chi connectivity index (χ1v) is 28.0. The summed E-state index contributed by atoms with van der Waals surface area (Å²) in [6.07, 6.45) is -41.8. The van der Waals surface area contributed by atoms with Gasteiger partial charge in [-0.15, -0.1) is 0 Å². The van der Waals surface area contributed by atoms with E-state index in [9.17, 15) is 80.9 Å². The van der Waals surface area contributed by atoms with Gasteiger partial charge < -0.3 is 31.4 Å². The number of aliphatic hydroxyl groups is 2. The van der Waals surface area contributed by atoms with Crippen molar-refractivity contribution in [3.05, 3.63) is 0 Å². The summed E-state index contributed by atoms with van der Waals surface area (Å²) in [6, 6.07) is 0. The van der Waals surface area contributed by atoms with Gasteiger partial charge in [0, 0.05) is 11.8 Å². The lowest BCUT2D eigenvalue weighted by molar-refractivity contribution is -0.405. The third-order valence-corrected chi connectivity index (χ3v) is 27.3. The molecule has 27 heteroatoms. The number of ether oxygens (including phenoxy) is 1. The highest BCUT2D eigenvalue weighted by Gasteiger charge is 2.78.